The minimum Gasteiger partial charge on any atom is -0.475 e. The molecule has 0 fully saturated rings. The molecule has 0 spiro atoms. The van der Waals surface area contributed by atoms with Gasteiger partial charge in [0.15, 0.2) is 0 Å². The number of fused-ring (bicyclic) bond motifs is 3. The van der Waals surface area contributed by atoms with E-state index in [0.717, 1.165) is 17.5 Å². The lowest BCUT2D eigenvalue weighted by Crippen LogP contribution is -1.99. The molecule has 0 radical (unpaired) electrons. The standard InChI is InChI=1S/C10H7NO4/c12-10(13)8-3-6-7(15-8)2-1-5-4-14-11-9(5)6/h3-4H,1-2H2,(H,12,13). The molecule has 1 aliphatic carbocycles. The summed E-state index contributed by atoms with van der Waals surface area (Å²) in [6, 6.07) is 1.50. The van der Waals surface area contributed by atoms with Gasteiger partial charge in [0, 0.05) is 23.6 Å². The lowest BCUT2D eigenvalue weighted by molar-refractivity contribution is 0.0660. The Morgan fingerprint density at radius 1 is 1.47 bits per heavy atom. The number of furan rings is 1. The van der Waals surface area contributed by atoms with E-state index >= 15 is 0 Å². The lowest BCUT2D eigenvalue weighted by Gasteiger charge is -2.06. The molecule has 0 aromatic carbocycles. The Kier molecular flexibility index (Phi) is 1.50. The van der Waals surface area contributed by atoms with Crippen molar-refractivity contribution in [2.75, 3.05) is 0 Å². The first-order valence-corrected chi connectivity index (χ1v) is 4.55. The molecule has 0 saturated heterocycles. The average Bonchev–Trinajstić information content (AvgIpc) is 2.82. The number of hydrogen-bond donors (Lipinski definition) is 1. The van der Waals surface area contributed by atoms with E-state index in [1.54, 1.807) is 6.26 Å². The quantitative estimate of drug-likeness (QED) is 0.767. The van der Waals surface area contributed by atoms with Crippen molar-refractivity contribution in [3.63, 3.8) is 0 Å². The summed E-state index contributed by atoms with van der Waals surface area (Å²) in [6.45, 7) is 0. The molecule has 3 rings (SSSR count). The van der Waals surface area contributed by atoms with Crippen molar-refractivity contribution in [2.24, 2.45) is 0 Å². The molecule has 0 amide bonds. The van der Waals surface area contributed by atoms with Gasteiger partial charge in [0.2, 0.25) is 5.76 Å². The van der Waals surface area contributed by atoms with Gasteiger partial charge in [-0.05, 0) is 6.42 Å². The minimum atomic E-state index is -1.06. The van der Waals surface area contributed by atoms with Crippen LogP contribution in [0.3, 0.4) is 0 Å². The molecular formula is C10H7NO4. The summed E-state index contributed by atoms with van der Waals surface area (Å²) in [4.78, 5) is 10.7. The Bertz CT molecular complexity index is 537. The van der Waals surface area contributed by atoms with Crippen LogP contribution in [0.25, 0.3) is 11.3 Å². The Balaban J connectivity index is 2.20. The molecule has 2 aromatic rings. The van der Waals surface area contributed by atoms with Crippen LogP contribution >= 0.6 is 0 Å². The second-order valence-electron chi connectivity index (χ2n) is 3.44. The van der Waals surface area contributed by atoms with E-state index in [2.05, 4.69) is 5.16 Å². The Morgan fingerprint density at radius 3 is 3.13 bits per heavy atom. The van der Waals surface area contributed by atoms with Gasteiger partial charge in [-0.1, -0.05) is 5.16 Å². The van der Waals surface area contributed by atoms with Gasteiger partial charge in [-0.25, -0.2) is 4.79 Å². The van der Waals surface area contributed by atoms with Gasteiger partial charge in [0.25, 0.3) is 0 Å². The zero-order valence-corrected chi connectivity index (χ0v) is 7.69. The number of rotatable bonds is 1. The van der Waals surface area contributed by atoms with Crippen molar-refractivity contribution in [3.05, 3.63) is 29.4 Å². The molecule has 0 unspecified atom stereocenters. The first-order chi connectivity index (χ1) is 7.25. The molecule has 76 valence electrons. The summed E-state index contributed by atoms with van der Waals surface area (Å²) < 4.78 is 10.1. The van der Waals surface area contributed by atoms with Gasteiger partial charge in [-0.3, -0.25) is 0 Å². The number of nitrogens with zero attached hydrogens (tertiary/aromatic N) is 1. The maximum absolute atomic E-state index is 10.7. The van der Waals surface area contributed by atoms with E-state index in [9.17, 15) is 4.79 Å². The van der Waals surface area contributed by atoms with Crippen molar-refractivity contribution in [3.8, 4) is 11.3 Å². The fourth-order valence-electron chi connectivity index (χ4n) is 1.83. The van der Waals surface area contributed by atoms with Gasteiger partial charge in [-0.15, -0.1) is 0 Å². The van der Waals surface area contributed by atoms with Gasteiger partial charge in [0.1, 0.15) is 17.7 Å². The molecule has 2 aromatic heterocycles. The van der Waals surface area contributed by atoms with Crippen molar-refractivity contribution in [2.45, 2.75) is 12.8 Å². The number of carboxylic acid groups (broad SMARTS) is 1. The smallest absolute Gasteiger partial charge is 0.371 e. The highest BCUT2D eigenvalue weighted by atomic mass is 16.5. The maximum Gasteiger partial charge on any atom is 0.371 e. The first-order valence-electron chi connectivity index (χ1n) is 4.55. The number of carbonyl (C=O) groups is 1. The monoisotopic (exact) mass is 205 g/mol. The van der Waals surface area contributed by atoms with Gasteiger partial charge in [0.05, 0.1) is 0 Å². The van der Waals surface area contributed by atoms with E-state index < -0.39 is 5.97 Å². The summed E-state index contributed by atoms with van der Waals surface area (Å²) >= 11 is 0. The van der Waals surface area contributed by atoms with Crippen molar-refractivity contribution < 1.29 is 18.8 Å². The molecule has 1 aliphatic rings. The van der Waals surface area contributed by atoms with Crippen LogP contribution in [0.2, 0.25) is 0 Å². The summed E-state index contributed by atoms with van der Waals surface area (Å²) in [5.41, 5.74) is 2.44. The number of aromatic nitrogens is 1. The third-order valence-electron chi connectivity index (χ3n) is 2.54. The lowest BCUT2D eigenvalue weighted by atomic mass is 9.97. The summed E-state index contributed by atoms with van der Waals surface area (Å²) in [5, 5.41) is 12.6. The summed E-state index contributed by atoms with van der Waals surface area (Å²) in [6.07, 6.45) is 3.06. The van der Waals surface area contributed by atoms with Crippen LogP contribution in [-0.2, 0) is 12.8 Å². The van der Waals surface area contributed by atoms with Crippen LogP contribution in [0.5, 0.6) is 0 Å². The van der Waals surface area contributed by atoms with Crippen LogP contribution in [-0.4, -0.2) is 16.2 Å². The number of hydrogen-bond acceptors (Lipinski definition) is 4. The van der Waals surface area contributed by atoms with Gasteiger partial charge < -0.3 is 14.0 Å². The molecule has 0 saturated carbocycles. The van der Waals surface area contributed by atoms with E-state index in [1.807, 2.05) is 0 Å². The molecule has 0 bridgehead atoms. The minimum absolute atomic E-state index is 0.0455. The third-order valence-corrected chi connectivity index (χ3v) is 2.54. The largest absolute Gasteiger partial charge is 0.475 e. The van der Waals surface area contributed by atoms with Crippen molar-refractivity contribution in [1.29, 1.82) is 0 Å². The molecule has 5 heteroatoms. The molecule has 1 N–H and O–H groups in total. The first kappa shape index (κ1) is 8.28. The topological polar surface area (TPSA) is 76.5 Å². The molecule has 5 nitrogen and oxygen atoms in total. The molecule has 0 atom stereocenters. The summed E-state index contributed by atoms with van der Waals surface area (Å²) in [7, 11) is 0. The number of aryl methyl sites for hydroxylation is 2. The maximum atomic E-state index is 10.7. The fraction of sp³-hybridized carbons (Fsp3) is 0.200. The SMILES string of the molecule is O=C(O)c1cc2c(o1)CCc1conc1-2. The second kappa shape index (κ2) is 2.73. The zero-order chi connectivity index (χ0) is 10.4. The Hall–Kier alpha value is -2.04. The van der Waals surface area contributed by atoms with Gasteiger partial charge >= 0.3 is 5.97 Å². The normalized spacial score (nSPS) is 13.3. The molecular weight excluding hydrogens is 198 g/mol. The predicted octanol–water partition coefficient (Wildman–Crippen LogP) is 1.73. The molecule has 2 heterocycles. The Morgan fingerprint density at radius 2 is 2.33 bits per heavy atom. The average molecular weight is 205 g/mol. The highest BCUT2D eigenvalue weighted by Crippen LogP contribution is 2.34. The number of aromatic carboxylic acids is 1. The van der Waals surface area contributed by atoms with Crippen LogP contribution < -0.4 is 0 Å². The molecule has 0 aliphatic heterocycles. The van der Waals surface area contributed by atoms with Crippen molar-refractivity contribution in [1.82, 2.24) is 5.16 Å². The van der Waals surface area contributed by atoms with Crippen molar-refractivity contribution >= 4 is 5.97 Å². The van der Waals surface area contributed by atoms with Crippen LogP contribution in [0, 0.1) is 0 Å². The predicted molar refractivity (Wildman–Crippen MR) is 48.6 cm³/mol. The van der Waals surface area contributed by atoms with E-state index in [4.69, 9.17) is 14.0 Å². The zero-order valence-electron chi connectivity index (χ0n) is 7.69. The fourth-order valence-corrected chi connectivity index (χ4v) is 1.83. The van der Waals surface area contributed by atoms with Crippen LogP contribution in [0.15, 0.2) is 21.3 Å². The highest BCUT2D eigenvalue weighted by molar-refractivity contribution is 5.87. The van der Waals surface area contributed by atoms with E-state index in [-0.39, 0.29) is 5.76 Å². The Labute approximate surface area is 84.3 Å². The van der Waals surface area contributed by atoms with Crippen LogP contribution in [0.1, 0.15) is 21.9 Å². The third kappa shape index (κ3) is 1.09. The second-order valence-corrected chi connectivity index (χ2v) is 3.44. The van der Waals surface area contributed by atoms with E-state index in [0.29, 0.717) is 17.9 Å². The van der Waals surface area contributed by atoms with Gasteiger partial charge in [-0.2, -0.15) is 0 Å². The number of carboxylic acids is 1. The summed E-state index contributed by atoms with van der Waals surface area (Å²) in [5.74, 6) is -0.431. The van der Waals surface area contributed by atoms with Crippen LogP contribution in [0.4, 0.5) is 0 Å². The van der Waals surface area contributed by atoms with E-state index in [1.165, 1.54) is 6.07 Å². The highest BCUT2D eigenvalue weighted by Gasteiger charge is 2.25. The molecule has 15 heavy (non-hydrogen) atoms.